The fourth-order valence-corrected chi connectivity index (χ4v) is 2.50. The normalized spacial score (nSPS) is 10.6. The van der Waals surface area contributed by atoms with Gasteiger partial charge in [-0.05, 0) is 42.2 Å². The Morgan fingerprint density at radius 1 is 0.960 bits per heavy atom. The van der Waals surface area contributed by atoms with Crippen LogP contribution in [0.2, 0.25) is 5.02 Å². The number of nitrogens with one attached hydrogen (secondary N) is 2. The van der Waals surface area contributed by atoms with E-state index in [1.807, 2.05) is 18.2 Å². The summed E-state index contributed by atoms with van der Waals surface area (Å²) in [6.07, 6.45) is 0.920. The van der Waals surface area contributed by atoms with Crippen LogP contribution in [0.15, 0.2) is 48.5 Å². The van der Waals surface area contributed by atoms with Crippen molar-refractivity contribution in [2.75, 3.05) is 6.54 Å². The van der Waals surface area contributed by atoms with E-state index < -0.39 is 0 Å². The highest BCUT2D eigenvalue weighted by molar-refractivity contribution is 6.31. The number of halogens is 1. The molecule has 0 heterocycles. The molecule has 2 rings (SSSR count). The monoisotopic (exact) mass is 358 g/mol. The molecule has 0 spiro atoms. The van der Waals surface area contributed by atoms with Crippen LogP contribution >= 0.6 is 11.6 Å². The minimum atomic E-state index is -0.239. The predicted molar refractivity (Wildman–Crippen MR) is 101 cm³/mol. The van der Waals surface area contributed by atoms with Gasteiger partial charge >= 0.3 is 0 Å². The molecule has 2 N–H and O–H groups in total. The molecular weight excluding hydrogens is 336 g/mol. The number of amides is 2. The molecule has 2 aromatic rings. The van der Waals surface area contributed by atoms with Crippen molar-refractivity contribution in [2.45, 2.75) is 26.8 Å². The first-order valence-electron chi connectivity index (χ1n) is 8.37. The summed E-state index contributed by atoms with van der Waals surface area (Å²) in [6, 6.07) is 14.1. The van der Waals surface area contributed by atoms with Crippen LogP contribution in [0.1, 0.15) is 46.5 Å². The van der Waals surface area contributed by atoms with Crippen LogP contribution in [-0.4, -0.2) is 18.4 Å². The molecule has 0 bridgehead atoms. The van der Waals surface area contributed by atoms with E-state index in [1.54, 1.807) is 30.3 Å². The molecule has 5 heteroatoms. The Balaban J connectivity index is 1.96. The van der Waals surface area contributed by atoms with Crippen LogP contribution in [0.5, 0.6) is 0 Å². The number of hydrogen-bond acceptors (Lipinski definition) is 2. The molecule has 0 saturated carbocycles. The van der Waals surface area contributed by atoms with Crippen molar-refractivity contribution in [2.24, 2.45) is 5.92 Å². The molecule has 0 fully saturated rings. The van der Waals surface area contributed by atoms with E-state index in [4.69, 9.17) is 11.6 Å². The maximum absolute atomic E-state index is 12.3. The zero-order valence-electron chi connectivity index (χ0n) is 14.5. The maximum Gasteiger partial charge on any atom is 0.251 e. The lowest BCUT2D eigenvalue weighted by molar-refractivity contribution is 0.0950. The highest BCUT2D eigenvalue weighted by Crippen LogP contribution is 2.14. The second-order valence-electron chi connectivity index (χ2n) is 6.29. The van der Waals surface area contributed by atoms with Crippen LogP contribution < -0.4 is 10.6 Å². The number of benzene rings is 2. The summed E-state index contributed by atoms with van der Waals surface area (Å²) < 4.78 is 0. The lowest BCUT2D eigenvalue weighted by Crippen LogP contribution is -2.26. The summed E-state index contributed by atoms with van der Waals surface area (Å²) >= 11 is 6.09. The third kappa shape index (κ3) is 5.91. The Morgan fingerprint density at radius 3 is 2.24 bits per heavy atom. The van der Waals surface area contributed by atoms with Crippen molar-refractivity contribution in [3.8, 4) is 0 Å². The molecule has 0 aromatic heterocycles. The minimum absolute atomic E-state index is 0.165. The lowest BCUT2D eigenvalue weighted by atomic mass is 10.1. The number of carbonyl (C=O) groups excluding carboxylic acids is 2. The van der Waals surface area contributed by atoms with Crippen LogP contribution in [0.25, 0.3) is 0 Å². The van der Waals surface area contributed by atoms with Gasteiger partial charge in [-0.2, -0.15) is 0 Å². The van der Waals surface area contributed by atoms with Crippen molar-refractivity contribution in [3.05, 3.63) is 70.2 Å². The number of rotatable bonds is 7. The summed E-state index contributed by atoms with van der Waals surface area (Å²) in [7, 11) is 0. The number of hydrogen-bond donors (Lipinski definition) is 2. The summed E-state index contributed by atoms with van der Waals surface area (Å²) in [5.74, 6) is 0.125. The predicted octanol–water partition coefficient (Wildman–Crippen LogP) is 4.05. The van der Waals surface area contributed by atoms with E-state index in [9.17, 15) is 9.59 Å². The molecule has 0 radical (unpaired) electrons. The van der Waals surface area contributed by atoms with Gasteiger partial charge in [0.15, 0.2) is 0 Å². The van der Waals surface area contributed by atoms with Crippen LogP contribution in [-0.2, 0) is 6.54 Å². The van der Waals surface area contributed by atoms with Crippen molar-refractivity contribution in [1.29, 1.82) is 0 Å². The molecule has 2 amide bonds. The first kappa shape index (κ1) is 19.0. The Labute approximate surface area is 153 Å². The fourth-order valence-electron chi connectivity index (χ4n) is 2.30. The van der Waals surface area contributed by atoms with Crippen molar-refractivity contribution in [3.63, 3.8) is 0 Å². The summed E-state index contributed by atoms with van der Waals surface area (Å²) in [5, 5.41) is 6.31. The Hall–Kier alpha value is -2.33. The maximum atomic E-state index is 12.3. The highest BCUT2D eigenvalue weighted by atomic mass is 35.5. The third-order valence-corrected chi connectivity index (χ3v) is 4.16. The zero-order chi connectivity index (χ0) is 18.2. The van der Waals surface area contributed by atoms with E-state index in [2.05, 4.69) is 24.5 Å². The Kier molecular flexibility index (Phi) is 7.02. The fraction of sp³-hybridized carbons (Fsp3) is 0.300. The first-order valence-corrected chi connectivity index (χ1v) is 8.75. The molecule has 0 aliphatic rings. The van der Waals surface area contributed by atoms with Crippen LogP contribution in [0.4, 0.5) is 0 Å². The standard InChI is InChI=1S/C20H23ClN2O2/c1-14(2)10-11-22-19(24)15-7-5-8-16(12-15)20(25)23-13-17-6-3-4-9-18(17)21/h3-9,12,14H,10-11,13H2,1-2H3,(H,22,24)(H,23,25). The average Bonchev–Trinajstić information content (AvgIpc) is 2.60. The Morgan fingerprint density at radius 2 is 1.60 bits per heavy atom. The minimum Gasteiger partial charge on any atom is -0.352 e. The molecule has 0 saturated heterocycles. The molecule has 0 aliphatic carbocycles. The van der Waals surface area contributed by atoms with Crippen molar-refractivity contribution in [1.82, 2.24) is 10.6 Å². The van der Waals surface area contributed by atoms with E-state index in [1.165, 1.54) is 0 Å². The Bertz CT molecular complexity index is 744. The molecule has 0 aliphatic heterocycles. The second-order valence-corrected chi connectivity index (χ2v) is 6.70. The lowest BCUT2D eigenvalue weighted by Gasteiger charge is -2.09. The zero-order valence-corrected chi connectivity index (χ0v) is 15.3. The quantitative estimate of drug-likeness (QED) is 0.784. The van der Waals surface area contributed by atoms with Gasteiger partial charge in [0.2, 0.25) is 0 Å². The van der Waals surface area contributed by atoms with Gasteiger partial charge in [0.25, 0.3) is 11.8 Å². The van der Waals surface area contributed by atoms with Gasteiger partial charge in [-0.1, -0.05) is 49.7 Å². The van der Waals surface area contributed by atoms with Gasteiger partial charge in [-0.25, -0.2) is 0 Å². The summed E-state index contributed by atoms with van der Waals surface area (Å²) in [5.41, 5.74) is 1.78. The van der Waals surface area contributed by atoms with E-state index in [0.29, 0.717) is 35.2 Å². The number of carbonyl (C=O) groups is 2. The summed E-state index contributed by atoms with van der Waals surface area (Å²) in [4.78, 5) is 24.5. The van der Waals surface area contributed by atoms with E-state index in [0.717, 1.165) is 12.0 Å². The van der Waals surface area contributed by atoms with E-state index in [-0.39, 0.29) is 11.8 Å². The van der Waals surface area contributed by atoms with Gasteiger partial charge in [-0.3, -0.25) is 9.59 Å². The molecule has 0 unspecified atom stereocenters. The van der Waals surface area contributed by atoms with E-state index >= 15 is 0 Å². The van der Waals surface area contributed by atoms with Crippen molar-refractivity contribution >= 4 is 23.4 Å². The average molecular weight is 359 g/mol. The summed E-state index contributed by atoms with van der Waals surface area (Å²) in [6.45, 7) is 5.18. The van der Waals surface area contributed by atoms with Gasteiger partial charge in [0, 0.05) is 29.2 Å². The second kappa shape index (κ2) is 9.23. The molecule has 0 atom stereocenters. The van der Waals surface area contributed by atoms with Crippen LogP contribution in [0, 0.1) is 5.92 Å². The van der Waals surface area contributed by atoms with Gasteiger partial charge < -0.3 is 10.6 Å². The molecule has 4 nitrogen and oxygen atoms in total. The largest absolute Gasteiger partial charge is 0.352 e. The molecule has 132 valence electrons. The van der Waals surface area contributed by atoms with Gasteiger partial charge in [0.1, 0.15) is 0 Å². The molecular formula is C20H23ClN2O2. The third-order valence-electron chi connectivity index (χ3n) is 3.79. The SMILES string of the molecule is CC(C)CCNC(=O)c1cccc(C(=O)NCc2ccccc2Cl)c1. The molecule has 25 heavy (non-hydrogen) atoms. The molecule has 2 aromatic carbocycles. The van der Waals surface area contributed by atoms with Gasteiger partial charge in [0.05, 0.1) is 0 Å². The van der Waals surface area contributed by atoms with Crippen LogP contribution in [0.3, 0.4) is 0 Å². The van der Waals surface area contributed by atoms with Gasteiger partial charge in [-0.15, -0.1) is 0 Å². The topological polar surface area (TPSA) is 58.2 Å². The smallest absolute Gasteiger partial charge is 0.251 e. The van der Waals surface area contributed by atoms with Crippen molar-refractivity contribution < 1.29 is 9.59 Å². The highest BCUT2D eigenvalue weighted by Gasteiger charge is 2.11. The first-order chi connectivity index (χ1) is 12.0.